The molecule has 5 rings (SSSR count). The van der Waals surface area contributed by atoms with Crippen molar-refractivity contribution in [2.75, 3.05) is 39.8 Å². The van der Waals surface area contributed by atoms with E-state index in [9.17, 15) is 19.8 Å². The maximum atomic E-state index is 12.6. The highest BCUT2D eigenvalue weighted by Crippen LogP contribution is 2.47. The van der Waals surface area contributed by atoms with Crippen LogP contribution in [0.1, 0.15) is 19.4 Å². The van der Waals surface area contributed by atoms with Crippen molar-refractivity contribution in [2.24, 2.45) is 11.8 Å². The maximum Gasteiger partial charge on any atom is 0.352 e. The average molecular weight is 508 g/mol. The Kier molecular flexibility index (Phi) is 6.45. The van der Waals surface area contributed by atoms with Crippen LogP contribution in [-0.2, 0) is 16.1 Å². The Morgan fingerprint density at radius 3 is 2.54 bits per heavy atom. The smallest absolute Gasteiger partial charge is 0.352 e. The molecule has 0 bridgehead atoms. The molecule has 0 unspecified atom stereocenters. The van der Waals surface area contributed by atoms with Crippen LogP contribution in [0.3, 0.4) is 0 Å². The van der Waals surface area contributed by atoms with Crippen molar-refractivity contribution in [3.63, 3.8) is 0 Å². The normalized spacial score (nSPS) is 25.6. The lowest BCUT2D eigenvalue weighted by Gasteiger charge is -2.46. The molecule has 2 aromatic rings. The van der Waals surface area contributed by atoms with Crippen molar-refractivity contribution in [1.29, 1.82) is 5.41 Å². The summed E-state index contributed by atoms with van der Waals surface area (Å²) in [5.41, 5.74) is 1.79. The number of hydrogen-bond donors (Lipinski definition) is 3. The van der Waals surface area contributed by atoms with Crippen LogP contribution < -0.4 is 4.74 Å². The number of carbonyl (C=O) groups excluding carboxylic acids is 1. The third kappa shape index (κ3) is 4.26. The number of piperazine rings is 1. The van der Waals surface area contributed by atoms with Gasteiger partial charge in [-0.05, 0) is 18.4 Å². The van der Waals surface area contributed by atoms with Gasteiger partial charge < -0.3 is 29.2 Å². The van der Waals surface area contributed by atoms with Gasteiger partial charge in [0.05, 0.1) is 57.6 Å². The minimum Gasteiger partial charge on any atom is -0.488 e. The van der Waals surface area contributed by atoms with Gasteiger partial charge in [-0.2, -0.15) is 0 Å². The number of hydrogen-bond acceptors (Lipinski definition) is 5. The summed E-state index contributed by atoms with van der Waals surface area (Å²) in [7, 11) is 2.26. The fraction of sp³-hybridized carbons (Fsp3) is 0.464. The van der Waals surface area contributed by atoms with Gasteiger partial charge in [-0.3, -0.25) is 10.2 Å². The van der Waals surface area contributed by atoms with Gasteiger partial charge in [-0.15, -0.1) is 0 Å². The van der Waals surface area contributed by atoms with Crippen molar-refractivity contribution >= 4 is 29.0 Å². The second-order valence-corrected chi connectivity index (χ2v) is 10.9. The number of quaternary nitrogens is 1. The Hall–Kier alpha value is -3.43. The molecule has 0 spiro atoms. The Labute approximate surface area is 216 Å². The van der Waals surface area contributed by atoms with Gasteiger partial charge in [0.2, 0.25) is 5.91 Å². The second-order valence-electron chi connectivity index (χ2n) is 10.9. The standard InChI is InChI=1S/C28H34N4O5/c1-17-22(26(28(35)36)31-25(17)24(18(2)33)27(31)34)15-37-23-9-5-7-20-19(6-4-8-21(20)23)14-32(3)12-10-30(16-29)11-13-32/h4-9,16-18,24-25,29,33H,10-15H2,1-3H3/p+1/t17-,18+,24+,25+/m0/s1. The van der Waals surface area contributed by atoms with E-state index >= 15 is 0 Å². The van der Waals surface area contributed by atoms with E-state index in [2.05, 4.69) is 19.2 Å². The lowest BCUT2D eigenvalue weighted by atomic mass is 9.78. The maximum absolute atomic E-state index is 12.6. The Morgan fingerprint density at radius 2 is 1.89 bits per heavy atom. The minimum atomic E-state index is -1.15. The highest BCUT2D eigenvalue weighted by Gasteiger charge is 2.59. The number of aliphatic hydroxyl groups excluding tert-OH is 1. The number of fused-ring (bicyclic) bond motifs is 2. The molecule has 9 nitrogen and oxygen atoms in total. The highest BCUT2D eigenvalue weighted by molar-refractivity contribution is 6.00. The molecule has 2 saturated heterocycles. The molecule has 2 aromatic carbocycles. The summed E-state index contributed by atoms with van der Waals surface area (Å²) in [6.45, 7) is 8.09. The summed E-state index contributed by atoms with van der Waals surface area (Å²) in [6.07, 6.45) is 0.588. The van der Waals surface area contributed by atoms with Gasteiger partial charge >= 0.3 is 5.97 Å². The van der Waals surface area contributed by atoms with E-state index in [0.717, 1.165) is 48.0 Å². The van der Waals surface area contributed by atoms with Crippen LogP contribution in [0.4, 0.5) is 0 Å². The number of benzene rings is 2. The predicted octanol–water partition coefficient (Wildman–Crippen LogP) is 2.28. The number of carboxylic acid groups (broad SMARTS) is 1. The predicted molar refractivity (Wildman–Crippen MR) is 139 cm³/mol. The molecule has 3 aliphatic heterocycles. The number of ether oxygens (including phenoxy) is 1. The van der Waals surface area contributed by atoms with Gasteiger partial charge in [0.1, 0.15) is 24.6 Å². The molecule has 0 aliphatic carbocycles. The molecule has 3 N–H and O–H groups in total. The van der Waals surface area contributed by atoms with E-state index < -0.39 is 18.0 Å². The molecular weight excluding hydrogens is 472 g/mol. The first-order chi connectivity index (χ1) is 17.6. The highest BCUT2D eigenvalue weighted by atomic mass is 16.5. The molecule has 2 fully saturated rings. The zero-order valence-corrected chi connectivity index (χ0v) is 21.6. The summed E-state index contributed by atoms with van der Waals surface area (Å²) < 4.78 is 7.15. The molecule has 0 radical (unpaired) electrons. The van der Waals surface area contributed by atoms with E-state index in [1.165, 1.54) is 16.8 Å². The molecule has 0 saturated carbocycles. The van der Waals surface area contributed by atoms with Crippen LogP contribution in [0.15, 0.2) is 47.7 Å². The first kappa shape index (κ1) is 25.2. The summed E-state index contributed by atoms with van der Waals surface area (Å²) in [5, 5.41) is 29.5. The second kappa shape index (κ2) is 9.46. The minimum absolute atomic E-state index is 0.0122. The van der Waals surface area contributed by atoms with Crippen LogP contribution in [0.5, 0.6) is 5.75 Å². The molecule has 4 atom stereocenters. The first-order valence-electron chi connectivity index (χ1n) is 12.8. The molecular formula is C28H35N4O5+. The Morgan fingerprint density at radius 1 is 1.22 bits per heavy atom. The topological polar surface area (TPSA) is 114 Å². The zero-order valence-electron chi connectivity index (χ0n) is 21.6. The van der Waals surface area contributed by atoms with Crippen LogP contribution in [0.2, 0.25) is 0 Å². The monoisotopic (exact) mass is 507 g/mol. The van der Waals surface area contributed by atoms with Crippen molar-refractivity contribution in [2.45, 2.75) is 32.5 Å². The molecule has 37 heavy (non-hydrogen) atoms. The number of likely N-dealkylation sites (N-methyl/N-ethyl adjacent to an activating group) is 1. The van der Waals surface area contributed by atoms with Gasteiger partial charge in [0, 0.05) is 22.4 Å². The number of nitrogens with zero attached hydrogens (tertiary/aromatic N) is 3. The van der Waals surface area contributed by atoms with E-state index in [1.807, 2.05) is 36.1 Å². The van der Waals surface area contributed by atoms with E-state index in [-0.39, 0.29) is 30.2 Å². The first-order valence-corrected chi connectivity index (χ1v) is 12.8. The van der Waals surface area contributed by atoms with Crippen LogP contribution >= 0.6 is 0 Å². The quantitative estimate of drug-likeness (QED) is 0.219. The van der Waals surface area contributed by atoms with E-state index in [1.54, 1.807) is 6.92 Å². The van der Waals surface area contributed by atoms with Gasteiger partial charge in [0.15, 0.2) is 0 Å². The number of aliphatic hydroxyl groups is 1. The molecule has 3 heterocycles. The van der Waals surface area contributed by atoms with Crippen LogP contribution in [0, 0.1) is 17.2 Å². The number of nitrogens with one attached hydrogen (secondary N) is 1. The van der Waals surface area contributed by atoms with Crippen LogP contribution in [-0.4, -0.2) is 94.7 Å². The van der Waals surface area contributed by atoms with Gasteiger partial charge in [-0.25, -0.2) is 4.79 Å². The molecule has 9 heteroatoms. The largest absolute Gasteiger partial charge is 0.488 e. The fourth-order valence-corrected chi connectivity index (χ4v) is 6.26. The number of amides is 1. The van der Waals surface area contributed by atoms with Crippen LogP contribution in [0.25, 0.3) is 10.8 Å². The third-order valence-electron chi connectivity index (χ3n) is 8.46. The fourth-order valence-electron chi connectivity index (χ4n) is 6.26. The van der Waals surface area contributed by atoms with Crippen molar-refractivity contribution < 1.29 is 29.0 Å². The molecule has 1 amide bonds. The summed E-state index contributed by atoms with van der Waals surface area (Å²) in [6, 6.07) is 11.8. The van der Waals surface area contributed by atoms with Gasteiger partial charge in [0.25, 0.3) is 0 Å². The average Bonchev–Trinajstić information content (AvgIpc) is 3.11. The van der Waals surface area contributed by atoms with E-state index in [0.29, 0.717) is 11.3 Å². The number of carbonyl (C=O) groups is 2. The number of rotatable bonds is 8. The van der Waals surface area contributed by atoms with Gasteiger partial charge in [-0.1, -0.05) is 37.3 Å². The Bertz CT molecular complexity index is 1280. The summed E-state index contributed by atoms with van der Waals surface area (Å²) in [5.74, 6) is -1.63. The Balaban J connectivity index is 1.39. The summed E-state index contributed by atoms with van der Waals surface area (Å²) in [4.78, 5) is 28.1. The molecule has 196 valence electrons. The molecule has 0 aromatic heterocycles. The summed E-state index contributed by atoms with van der Waals surface area (Å²) >= 11 is 0. The lowest BCUT2D eigenvalue weighted by molar-refractivity contribution is -0.925. The number of β-lactam (4-membered cyclic amide) rings is 1. The van der Waals surface area contributed by atoms with E-state index in [4.69, 9.17) is 10.1 Å². The number of carboxylic acids is 1. The SMILES string of the molecule is C[C@@H](O)[C@H]1C(=O)N2C(C(=O)O)=C(COc3cccc4c(C[N+]5(C)CCN(C=N)CC5)cccc34)[C@H](C)[C@H]12. The zero-order chi connectivity index (χ0) is 26.5. The third-order valence-corrected chi connectivity index (χ3v) is 8.46. The number of aliphatic carboxylic acids is 1. The van der Waals surface area contributed by atoms with Crippen molar-refractivity contribution in [3.8, 4) is 5.75 Å². The molecule has 3 aliphatic rings. The van der Waals surface area contributed by atoms with Crippen molar-refractivity contribution in [1.82, 2.24) is 9.80 Å². The lowest BCUT2D eigenvalue weighted by Crippen LogP contribution is -2.63. The van der Waals surface area contributed by atoms with Crippen molar-refractivity contribution in [3.05, 3.63) is 53.2 Å².